The summed E-state index contributed by atoms with van der Waals surface area (Å²) in [5, 5.41) is 0. The van der Waals surface area contributed by atoms with E-state index < -0.39 is 12.1 Å². The van der Waals surface area contributed by atoms with E-state index in [4.69, 9.17) is 5.73 Å². The Morgan fingerprint density at radius 1 is 1.38 bits per heavy atom. The quantitative estimate of drug-likeness (QED) is 0.789. The molecule has 0 aliphatic rings. The molecular formula is C9H9F3N4. The molecule has 1 unspecified atom stereocenters. The summed E-state index contributed by atoms with van der Waals surface area (Å²) in [6, 6.07) is 0. The second-order valence-corrected chi connectivity index (χ2v) is 3.49. The summed E-state index contributed by atoms with van der Waals surface area (Å²) >= 11 is 0. The molecule has 7 heteroatoms. The van der Waals surface area contributed by atoms with Crippen LogP contribution in [0.3, 0.4) is 0 Å². The average Bonchev–Trinajstić information content (AvgIpc) is 2.60. The molecule has 0 amide bonds. The van der Waals surface area contributed by atoms with Crippen LogP contribution in [-0.2, 0) is 0 Å². The SMILES string of the molecule is CC(c1c[nH]c2c(N)ncnc12)C(F)(F)F. The number of hydrogen-bond donors (Lipinski definition) is 2. The zero-order chi connectivity index (χ0) is 11.9. The molecule has 2 heterocycles. The summed E-state index contributed by atoms with van der Waals surface area (Å²) in [7, 11) is 0. The van der Waals surface area contributed by atoms with Gasteiger partial charge in [-0.3, -0.25) is 0 Å². The van der Waals surface area contributed by atoms with Gasteiger partial charge in [-0.2, -0.15) is 13.2 Å². The monoisotopic (exact) mass is 230 g/mol. The first-order valence-corrected chi connectivity index (χ1v) is 4.55. The molecule has 0 aromatic carbocycles. The van der Waals surface area contributed by atoms with Gasteiger partial charge in [0, 0.05) is 11.8 Å². The molecule has 4 nitrogen and oxygen atoms in total. The number of alkyl halides is 3. The number of nitrogens with two attached hydrogens (primary N) is 1. The second kappa shape index (κ2) is 3.36. The molecule has 0 bridgehead atoms. The molecule has 2 aromatic heterocycles. The van der Waals surface area contributed by atoms with Gasteiger partial charge >= 0.3 is 6.18 Å². The molecule has 16 heavy (non-hydrogen) atoms. The van der Waals surface area contributed by atoms with Gasteiger partial charge in [0.25, 0.3) is 0 Å². The molecule has 0 radical (unpaired) electrons. The molecule has 3 N–H and O–H groups in total. The molecule has 0 spiro atoms. The lowest BCUT2D eigenvalue weighted by atomic mass is 10.0. The third kappa shape index (κ3) is 1.58. The Balaban J connectivity index is 2.59. The topological polar surface area (TPSA) is 67.6 Å². The predicted molar refractivity (Wildman–Crippen MR) is 52.8 cm³/mol. The third-order valence-corrected chi connectivity index (χ3v) is 2.48. The number of halogens is 3. The number of nitrogens with zero attached hydrogens (tertiary/aromatic N) is 2. The normalized spacial score (nSPS) is 14.2. The van der Waals surface area contributed by atoms with Crippen LogP contribution in [0.5, 0.6) is 0 Å². The first-order chi connectivity index (χ1) is 7.41. The van der Waals surface area contributed by atoms with Gasteiger partial charge in [0.2, 0.25) is 0 Å². The van der Waals surface area contributed by atoms with Crippen LogP contribution < -0.4 is 5.73 Å². The minimum Gasteiger partial charge on any atom is -0.382 e. The third-order valence-electron chi connectivity index (χ3n) is 2.48. The number of aromatic nitrogens is 3. The smallest absolute Gasteiger partial charge is 0.382 e. The molecular weight excluding hydrogens is 221 g/mol. The minimum atomic E-state index is -4.30. The molecule has 2 aromatic rings. The molecule has 1 atom stereocenters. The Morgan fingerprint density at radius 3 is 2.69 bits per heavy atom. The maximum atomic E-state index is 12.6. The zero-order valence-electron chi connectivity index (χ0n) is 8.34. The van der Waals surface area contributed by atoms with Crippen molar-refractivity contribution in [3.8, 4) is 0 Å². The van der Waals surface area contributed by atoms with Gasteiger partial charge in [-0.25, -0.2) is 9.97 Å². The van der Waals surface area contributed by atoms with Gasteiger partial charge in [-0.1, -0.05) is 0 Å². The van der Waals surface area contributed by atoms with E-state index in [0.717, 1.165) is 13.3 Å². The van der Waals surface area contributed by atoms with Gasteiger partial charge in [-0.15, -0.1) is 0 Å². The van der Waals surface area contributed by atoms with Crippen LogP contribution in [0.25, 0.3) is 11.0 Å². The van der Waals surface area contributed by atoms with Crippen LogP contribution in [0.1, 0.15) is 18.4 Å². The van der Waals surface area contributed by atoms with Crippen LogP contribution in [0, 0.1) is 0 Å². The van der Waals surface area contributed by atoms with Crippen LogP contribution >= 0.6 is 0 Å². The Morgan fingerprint density at radius 2 is 2.06 bits per heavy atom. The standard InChI is InChI=1S/C9H9F3N4/c1-4(9(10,11)12)5-2-14-7-6(5)15-3-16-8(7)13/h2-4,14H,1H3,(H2,13,15,16). The van der Waals surface area contributed by atoms with Crippen molar-refractivity contribution in [1.29, 1.82) is 0 Å². The van der Waals surface area contributed by atoms with Gasteiger partial charge in [0.05, 0.1) is 11.4 Å². The first kappa shape index (κ1) is 10.7. The van der Waals surface area contributed by atoms with Gasteiger partial charge < -0.3 is 10.7 Å². The van der Waals surface area contributed by atoms with Gasteiger partial charge in [0.1, 0.15) is 11.8 Å². The molecule has 0 aliphatic heterocycles. The maximum Gasteiger partial charge on any atom is 0.395 e. The van der Waals surface area contributed by atoms with E-state index in [1.807, 2.05) is 0 Å². The predicted octanol–water partition coefficient (Wildman–Crippen LogP) is 2.21. The van der Waals surface area contributed by atoms with Crippen molar-refractivity contribution in [1.82, 2.24) is 15.0 Å². The molecule has 2 rings (SSSR count). The van der Waals surface area contributed by atoms with E-state index in [2.05, 4.69) is 15.0 Å². The minimum absolute atomic E-state index is 0.0802. The summed E-state index contributed by atoms with van der Waals surface area (Å²) in [6.45, 7) is 1.08. The Kier molecular flexibility index (Phi) is 2.25. The van der Waals surface area contributed by atoms with Crippen molar-refractivity contribution >= 4 is 16.9 Å². The average molecular weight is 230 g/mol. The van der Waals surface area contributed by atoms with Crippen LogP contribution in [0.15, 0.2) is 12.5 Å². The lowest BCUT2D eigenvalue weighted by Gasteiger charge is -2.14. The molecule has 0 saturated heterocycles. The van der Waals surface area contributed by atoms with E-state index in [-0.39, 0.29) is 16.9 Å². The summed E-state index contributed by atoms with van der Waals surface area (Å²) in [5.41, 5.74) is 6.16. The van der Waals surface area contributed by atoms with Crippen LogP contribution in [0.4, 0.5) is 19.0 Å². The number of H-pyrrole nitrogens is 1. The summed E-state index contributed by atoms with van der Waals surface area (Å²) in [6.07, 6.45) is -1.87. The van der Waals surface area contributed by atoms with Crippen molar-refractivity contribution < 1.29 is 13.2 Å². The van der Waals surface area contributed by atoms with Crippen molar-refractivity contribution in [2.24, 2.45) is 0 Å². The van der Waals surface area contributed by atoms with Crippen molar-refractivity contribution in [3.63, 3.8) is 0 Å². The highest BCUT2D eigenvalue weighted by atomic mass is 19.4. The summed E-state index contributed by atoms with van der Waals surface area (Å²) in [4.78, 5) is 10.2. The lowest BCUT2D eigenvalue weighted by molar-refractivity contribution is -0.146. The highest BCUT2D eigenvalue weighted by Crippen LogP contribution is 2.37. The number of hydrogen-bond acceptors (Lipinski definition) is 3. The van der Waals surface area contributed by atoms with Crippen LogP contribution in [0.2, 0.25) is 0 Å². The molecule has 0 saturated carbocycles. The number of rotatable bonds is 1. The molecule has 0 aliphatic carbocycles. The number of nitrogen functional groups attached to an aromatic ring is 1. The maximum absolute atomic E-state index is 12.6. The second-order valence-electron chi connectivity index (χ2n) is 3.49. The zero-order valence-corrected chi connectivity index (χ0v) is 8.34. The van der Waals surface area contributed by atoms with Gasteiger partial charge in [-0.05, 0) is 6.92 Å². The van der Waals surface area contributed by atoms with Gasteiger partial charge in [0.15, 0.2) is 5.82 Å². The Hall–Kier alpha value is -1.79. The largest absolute Gasteiger partial charge is 0.395 e. The van der Waals surface area contributed by atoms with Crippen molar-refractivity contribution in [2.45, 2.75) is 19.0 Å². The number of fused-ring (bicyclic) bond motifs is 1. The summed E-state index contributed by atoms with van der Waals surface area (Å²) in [5.74, 6) is -1.44. The first-order valence-electron chi connectivity index (χ1n) is 4.55. The fraction of sp³-hybridized carbons (Fsp3) is 0.333. The highest BCUT2D eigenvalue weighted by molar-refractivity contribution is 5.87. The lowest BCUT2D eigenvalue weighted by Crippen LogP contribution is -2.17. The highest BCUT2D eigenvalue weighted by Gasteiger charge is 2.38. The summed E-state index contributed by atoms with van der Waals surface area (Å²) < 4.78 is 37.7. The van der Waals surface area contributed by atoms with E-state index in [9.17, 15) is 13.2 Å². The van der Waals surface area contributed by atoms with Crippen molar-refractivity contribution in [3.05, 3.63) is 18.1 Å². The fourth-order valence-electron chi connectivity index (χ4n) is 1.49. The van der Waals surface area contributed by atoms with Crippen molar-refractivity contribution in [2.75, 3.05) is 5.73 Å². The Labute approximate surface area is 88.7 Å². The number of nitrogens with one attached hydrogen (secondary N) is 1. The fourth-order valence-corrected chi connectivity index (χ4v) is 1.49. The Bertz CT molecular complexity index is 517. The van der Waals surface area contributed by atoms with E-state index in [0.29, 0.717) is 5.52 Å². The molecule has 0 fully saturated rings. The van der Waals surface area contributed by atoms with E-state index >= 15 is 0 Å². The van der Waals surface area contributed by atoms with Crippen LogP contribution in [-0.4, -0.2) is 21.1 Å². The van der Waals surface area contributed by atoms with E-state index in [1.165, 1.54) is 6.20 Å². The molecule has 86 valence electrons. The number of aromatic amines is 1. The van der Waals surface area contributed by atoms with E-state index in [1.54, 1.807) is 0 Å². The number of anilines is 1.